The first-order valence-corrected chi connectivity index (χ1v) is 13.9. The zero-order valence-corrected chi connectivity index (χ0v) is 24.1. The Morgan fingerprint density at radius 2 is 1.60 bits per heavy atom. The van der Waals surface area contributed by atoms with Gasteiger partial charge in [-0.05, 0) is 67.9 Å². The number of hydrogen-bond donors (Lipinski definition) is 0. The van der Waals surface area contributed by atoms with E-state index in [2.05, 4.69) is 4.98 Å². The number of methoxy groups -OCH3 is 3. The third-order valence-corrected chi connectivity index (χ3v) is 7.44. The Labute approximate surface area is 244 Å². The van der Waals surface area contributed by atoms with Crippen LogP contribution in [0.15, 0.2) is 67.0 Å². The number of carbonyl (C=O) groups is 2. The number of alkyl halides is 2. The van der Waals surface area contributed by atoms with Gasteiger partial charge in [-0.3, -0.25) is 9.78 Å². The molecule has 0 saturated carbocycles. The molecule has 42 heavy (non-hydrogen) atoms. The standard InChI is InChI=1S/C32H36F2N2O6/c1-39-27-19-24(20-28(40-2)29(27)41-3)32(33,34)31(38)36-18-8-12-26(36)30(37)42-25(15-13-22-9-5-4-6-10-22)16-14-23-11-7-17-35-21-23/h4-7,9-11,17,19-21,25-26H,8,12-16,18H2,1-3H3/t25?,26-/m0/s1. The van der Waals surface area contributed by atoms with Crippen LogP contribution in [0.25, 0.3) is 0 Å². The highest BCUT2D eigenvalue weighted by atomic mass is 19.3. The molecule has 0 N–H and O–H groups in total. The summed E-state index contributed by atoms with van der Waals surface area (Å²) < 4.78 is 52.9. The Morgan fingerprint density at radius 3 is 2.19 bits per heavy atom. The van der Waals surface area contributed by atoms with Gasteiger partial charge >= 0.3 is 11.9 Å². The van der Waals surface area contributed by atoms with Crippen LogP contribution in [0, 0.1) is 0 Å². The molecule has 10 heteroatoms. The van der Waals surface area contributed by atoms with Crippen LogP contribution in [0.3, 0.4) is 0 Å². The molecule has 1 amide bonds. The number of nitrogens with zero attached hydrogens (tertiary/aromatic N) is 2. The van der Waals surface area contributed by atoms with E-state index in [1.807, 2.05) is 42.5 Å². The summed E-state index contributed by atoms with van der Waals surface area (Å²) in [6.07, 6.45) is 6.03. The number of ether oxygens (including phenoxy) is 4. The Morgan fingerprint density at radius 1 is 0.952 bits per heavy atom. The first kappa shape index (κ1) is 30.7. The van der Waals surface area contributed by atoms with Crippen molar-refractivity contribution in [3.63, 3.8) is 0 Å². The molecule has 1 aliphatic rings. The van der Waals surface area contributed by atoms with Gasteiger partial charge in [0.2, 0.25) is 5.75 Å². The second kappa shape index (κ2) is 14.1. The van der Waals surface area contributed by atoms with Crippen molar-refractivity contribution in [3.8, 4) is 17.2 Å². The smallest absolute Gasteiger partial charge is 0.350 e. The Hall–Kier alpha value is -4.21. The van der Waals surface area contributed by atoms with E-state index in [1.54, 1.807) is 12.4 Å². The van der Waals surface area contributed by atoms with E-state index in [4.69, 9.17) is 18.9 Å². The van der Waals surface area contributed by atoms with Gasteiger partial charge in [-0.2, -0.15) is 8.78 Å². The van der Waals surface area contributed by atoms with Crippen LogP contribution in [0.4, 0.5) is 8.78 Å². The molecule has 2 atom stereocenters. The molecule has 4 rings (SSSR count). The maximum Gasteiger partial charge on any atom is 0.350 e. The van der Waals surface area contributed by atoms with E-state index in [0.717, 1.165) is 28.2 Å². The summed E-state index contributed by atoms with van der Waals surface area (Å²) >= 11 is 0. The van der Waals surface area contributed by atoms with Gasteiger partial charge < -0.3 is 23.8 Å². The van der Waals surface area contributed by atoms with Crippen LogP contribution < -0.4 is 14.2 Å². The molecule has 0 radical (unpaired) electrons. The number of halogens is 2. The molecule has 0 bridgehead atoms. The van der Waals surface area contributed by atoms with Crippen LogP contribution in [0.1, 0.15) is 42.4 Å². The molecule has 2 heterocycles. The van der Waals surface area contributed by atoms with Crippen molar-refractivity contribution in [1.82, 2.24) is 9.88 Å². The molecule has 1 aromatic heterocycles. The van der Waals surface area contributed by atoms with Gasteiger partial charge in [0.15, 0.2) is 11.5 Å². The quantitative estimate of drug-likeness (QED) is 0.251. The summed E-state index contributed by atoms with van der Waals surface area (Å²) in [7, 11) is 3.96. The predicted octanol–water partition coefficient (Wildman–Crippen LogP) is 5.37. The third kappa shape index (κ3) is 7.16. The largest absolute Gasteiger partial charge is 0.493 e. The van der Waals surface area contributed by atoms with E-state index in [0.29, 0.717) is 32.1 Å². The normalized spacial score (nSPS) is 15.6. The van der Waals surface area contributed by atoms with E-state index in [1.165, 1.54) is 21.3 Å². The average molecular weight is 583 g/mol. The van der Waals surface area contributed by atoms with Crippen molar-refractivity contribution in [2.75, 3.05) is 27.9 Å². The number of carbonyl (C=O) groups excluding carboxylic acids is 2. The first-order chi connectivity index (χ1) is 20.3. The summed E-state index contributed by atoms with van der Waals surface area (Å²) in [6, 6.07) is 14.6. The van der Waals surface area contributed by atoms with Gasteiger partial charge in [-0.15, -0.1) is 0 Å². The highest BCUT2D eigenvalue weighted by Crippen LogP contribution is 2.43. The van der Waals surface area contributed by atoms with Crippen LogP contribution in [-0.2, 0) is 33.1 Å². The van der Waals surface area contributed by atoms with Crippen LogP contribution in [0.5, 0.6) is 17.2 Å². The van der Waals surface area contributed by atoms with Crippen molar-refractivity contribution in [2.45, 2.75) is 56.6 Å². The maximum atomic E-state index is 15.7. The molecule has 3 aromatic rings. The molecule has 1 fully saturated rings. The lowest BCUT2D eigenvalue weighted by molar-refractivity contribution is -0.169. The number of likely N-dealkylation sites (tertiary alicyclic amines) is 1. The molecule has 1 saturated heterocycles. The lowest BCUT2D eigenvalue weighted by Gasteiger charge is -2.29. The van der Waals surface area contributed by atoms with Gasteiger partial charge in [0, 0.05) is 24.5 Å². The van der Waals surface area contributed by atoms with Crippen LogP contribution in [-0.4, -0.2) is 61.8 Å². The number of esters is 1. The van der Waals surface area contributed by atoms with Crippen molar-refractivity contribution in [2.24, 2.45) is 0 Å². The first-order valence-electron chi connectivity index (χ1n) is 13.9. The molecular weight excluding hydrogens is 546 g/mol. The van der Waals surface area contributed by atoms with Gasteiger partial charge in [-0.1, -0.05) is 36.4 Å². The van der Waals surface area contributed by atoms with Crippen LogP contribution >= 0.6 is 0 Å². The zero-order valence-electron chi connectivity index (χ0n) is 24.1. The maximum absolute atomic E-state index is 15.7. The molecule has 8 nitrogen and oxygen atoms in total. The van der Waals surface area contributed by atoms with E-state index in [-0.39, 0.29) is 30.2 Å². The fourth-order valence-corrected chi connectivity index (χ4v) is 5.17. The highest BCUT2D eigenvalue weighted by Gasteiger charge is 2.49. The Kier molecular flexibility index (Phi) is 10.3. The fraction of sp³-hybridized carbons (Fsp3) is 0.406. The second-order valence-electron chi connectivity index (χ2n) is 10.1. The Balaban J connectivity index is 1.50. The SMILES string of the molecule is COc1cc(C(F)(F)C(=O)N2CCC[C@H]2C(=O)OC(CCc2ccccc2)CCc2cccnc2)cc(OC)c1OC. The number of pyridine rings is 1. The predicted molar refractivity (Wildman–Crippen MR) is 152 cm³/mol. The van der Waals surface area contributed by atoms with Gasteiger partial charge in [-0.25, -0.2) is 4.79 Å². The lowest BCUT2D eigenvalue weighted by atomic mass is 10.0. The molecule has 0 spiro atoms. The van der Waals surface area contributed by atoms with Crippen molar-refractivity contribution < 1.29 is 37.3 Å². The van der Waals surface area contributed by atoms with Gasteiger partial charge in [0.25, 0.3) is 5.91 Å². The summed E-state index contributed by atoms with van der Waals surface area (Å²) in [5, 5.41) is 0. The summed E-state index contributed by atoms with van der Waals surface area (Å²) in [5.74, 6) is -6.00. The van der Waals surface area contributed by atoms with Crippen molar-refractivity contribution in [1.29, 1.82) is 0 Å². The number of aryl methyl sites for hydroxylation is 2. The molecule has 1 aliphatic heterocycles. The zero-order chi connectivity index (χ0) is 30.1. The summed E-state index contributed by atoms with van der Waals surface area (Å²) in [5.41, 5.74) is 1.47. The lowest BCUT2D eigenvalue weighted by Crippen LogP contribution is -2.48. The average Bonchev–Trinajstić information content (AvgIpc) is 3.52. The number of amides is 1. The summed E-state index contributed by atoms with van der Waals surface area (Å²) in [4.78, 5) is 31.8. The van der Waals surface area contributed by atoms with E-state index < -0.39 is 35.5 Å². The molecule has 2 aromatic carbocycles. The molecule has 0 aliphatic carbocycles. The minimum absolute atomic E-state index is 0.00780. The summed E-state index contributed by atoms with van der Waals surface area (Å²) in [6.45, 7) is 0.0168. The number of aromatic nitrogens is 1. The second-order valence-corrected chi connectivity index (χ2v) is 10.1. The van der Waals surface area contributed by atoms with Gasteiger partial charge in [0.05, 0.1) is 21.3 Å². The number of benzene rings is 2. The van der Waals surface area contributed by atoms with Crippen LogP contribution in [0.2, 0.25) is 0 Å². The van der Waals surface area contributed by atoms with Crippen molar-refractivity contribution >= 4 is 11.9 Å². The molecule has 224 valence electrons. The minimum Gasteiger partial charge on any atom is -0.493 e. The number of rotatable bonds is 13. The third-order valence-electron chi connectivity index (χ3n) is 7.44. The molecular formula is C32H36F2N2O6. The van der Waals surface area contributed by atoms with Gasteiger partial charge in [0.1, 0.15) is 12.1 Å². The Bertz CT molecular complexity index is 1270. The van der Waals surface area contributed by atoms with Crippen molar-refractivity contribution in [3.05, 3.63) is 83.7 Å². The highest BCUT2D eigenvalue weighted by molar-refractivity contribution is 5.90. The fourth-order valence-electron chi connectivity index (χ4n) is 5.17. The number of hydrogen-bond acceptors (Lipinski definition) is 7. The van der Waals surface area contributed by atoms with E-state index in [9.17, 15) is 9.59 Å². The molecule has 1 unspecified atom stereocenters. The topological polar surface area (TPSA) is 87.2 Å². The van der Waals surface area contributed by atoms with E-state index >= 15 is 8.78 Å². The monoisotopic (exact) mass is 582 g/mol. The minimum atomic E-state index is -3.96.